The lowest BCUT2D eigenvalue weighted by atomic mass is 10.1. The average Bonchev–Trinajstić information content (AvgIpc) is 2.28. The topological polar surface area (TPSA) is 42.4 Å². The van der Waals surface area contributed by atoms with Gasteiger partial charge < -0.3 is 9.84 Å². The number of ether oxygens (including phenoxy) is 1. The summed E-state index contributed by atoms with van der Waals surface area (Å²) in [5, 5.41) is 9.39. The van der Waals surface area contributed by atoms with E-state index in [2.05, 4.69) is 4.98 Å². The molecule has 0 bridgehead atoms. The smallest absolute Gasteiger partial charge is 0.134 e. The van der Waals surface area contributed by atoms with Gasteiger partial charge in [-0.25, -0.2) is 0 Å². The van der Waals surface area contributed by atoms with Gasteiger partial charge in [0.25, 0.3) is 0 Å². The van der Waals surface area contributed by atoms with Crippen molar-refractivity contribution in [3.05, 3.63) is 42.7 Å². The summed E-state index contributed by atoms with van der Waals surface area (Å²) in [6.45, 7) is 6.04. The fraction of sp³-hybridized carbons (Fsp3) is 0.267. The summed E-state index contributed by atoms with van der Waals surface area (Å²) in [5.41, 5.74) is 1.69. The molecule has 0 saturated heterocycles. The summed E-state index contributed by atoms with van der Waals surface area (Å²) in [7, 11) is 0. The molecule has 94 valence electrons. The maximum Gasteiger partial charge on any atom is 0.134 e. The molecule has 2 aromatic rings. The predicted molar refractivity (Wildman–Crippen MR) is 71.7 cm³/mol. The minimum Gasteiger partial charge on any atom is -0.506 e. The average molecular weight is 243 g/mol. The Morgan fingerprint density at radius 2 is 1.67 bits per heavy atom. The number of pyridine rings is 1. The first-order chi connectivity index (χ1) is 8.44. The highest BCUT2D eigenvalue weighted by molar-refractivity contribution is 5.64. The highest BCUT2D eigenvalue weighted by Gasteiger charge is 2.11. The van der Waals surface area contributed by atoms with Gasteiger partial charge in [-0.1, -0.05) is 12.1 Å². The zero-order chi connectivity index (χ0) is 13.2. The fourth-order valence-electron chi connectivity index (χ4n) is 1.65. The van der Waals surface area contributed by atoms with E-state index in [0.29, 0.717) is 0 Å². The third kappa shape index (κ3) is 3.23. The van der Waals surface area contributed by atoms with Crippen LogP contribution in [0, 0.1) is 0 Å². The number of benzene rings is 1. The SMILES string of the molecule is CC(C)(C)Oc1ccc(-c2cncc(O)c2)cc1. The molecule has 0 atom stereocenters. The largest absolute Gasteiger partial charge is 0.506 e. The summed E-state index contributed by atoms with van der Waals surface area (Å²) in [4.78, 5) is 3.96. The lowest BCUT2D eigenvalue weighted by Gasteiger charge is -2.21. The van der Waals surface area contributed by atoms with Crippen molar-refractivity contribution in [2.24, 2.45) is 0 Å². The highest BCUT2D eigenvalue weighted by atomic mass is 16.5. The zero-order valence-electron chi connectivity index (χ0n) is 10.8. The molecule has 1 N–H and O–H groups in total. The van der Waals surface area contributed by atoms with Crippen molar-refractivity contribution in [3.63, 3.8) is 0 Å². The van der Waals surface area contributed by atoms with Crippen LogP contribution >= 0.6 is 0 Å². The number of nitrogens with zero attached hydrogens (tertiary/aromatic N) is 1. The van der Waals surface area contributed by atoms with Gasteiger partial charge in [0.15, 0.2) is 0 Å². The molecule has 0 amide bonds. The van der Waals surface area contributed by atoms with E-state index in [9.17, 15) is 5.11 Å². The molecule has 0 aliphatic rings. The van der Waals surface area contributed by atoms with Gasteiger partial charge in [0, 0.05) is 11.8 Å². The predicted octanol–water partition coefficient (Wildman–Crippen LogP) is 3.63. The van der Waals surface area contributed by atoms with Gasteiger partial charge in [-0.3, -0.25) is 4.98 Å². The Labute approximate surface area is 107 Å². The number of hydrogen-bond acceptors (Lipinski definition) is 3. The second kappa shape index (κ2) is 4.69. The van der Waals surface area contributed by atoms with Crippen LogP contribution in [0.4, 0.5) is 0 Å². The molecule has 18 heavy (non-hydrogen) atoms. The molecule has 0 aliphatic carbocycles. The molecule has 2 rings (SSSR count). The molecule has 1 heterocycles. The zero-order valence-corrected chi connectivity index (χ0v) is 10.8. The molecular formula is C15H17NO2. The number of rotatable bonds is 2. The molecule has 0 aliphatic heterocycles. The van der Waals surface area contributed by atoms with Gasteiger partial charge in [0.1, 0.15) is 17.1 Å². The third-order valence-electron chi connectivity index (χ3n) is 2.34. The number of hydrogen-bond donors (Lipinski definition) is 1. The van der Waals surface area contributed by atoms with E-state index in [4.69, 9.17) is 4.74 Å². The summed E-state index contributed by atoms with van der Waals surface area (Å²) < 4.78 is 5.75. The number of aromatic hydroxyl groups is 1. The van der Waals surface area contributed by atoms with Crippen LogP contribution in [0.3, 0.4) is 0 Å². The van der Waals surface area contributed by atoms with Gasteiger partial charge in [-0.15, -0.1) is 0 Å². The minimum atomic E-state index is -0.200. The molecule has 3 heteroatoms. The van der Waals surface area contributed by atoms with Gasteiger partial charge >= 0.3 is 0 Å². The van der Waals surface area contributed by atoms with Crippen molar-refractivity contribution < 1.29 is 9.84 Å². The second-order valence-corrected chi connectivity index (χ2v) is 5.17. The first-order valence-corrected chi connectivity index (χ1v) is 5.87. The standard InChI is InChI=1S/C15H17NO2/c1-15(2,3)18-14-6-4-11(5-7-14)12-8-13(17)10-16-9-12/h4-10,17H,1-3H3. The van der Waals surface area contributed by atoms with Crippen molar-refractivity contribution >= 4 is 0 Å². The lowest BCUT2D eigenvalue weighted by Crippen LogP contribution is -2.22. The second-order valence-electron chi connectivity index (χ2n) is 5.17. The normalized spacial score (nSPS) is 11.3. The molecule has 3 nitrogen and oxygen atoms in total. The molecule has 0 radical (unpaired) electrons. The first-order valence-electron chi connectivity index (χ1n) is 5.87. The van der Waals surface area contributed by atoms with E-state index in [-0.39, 0.29) is 11.4 Å². The lowest BCUT2D eigenvalue weighted by molar-refractivity contribution is 0.131. The fourth-order valence-corrected chi connectivity index (χ4v) is 1.65. The Morgan fingerprint density at radius 3 is 2.22 bits per heavy atom. The van der Waals surface area contributed by atoms with Crippen LogP contribution in [-0.4, -0.2) is 15.7 Å². The Kier molecular flexibility index (Phi) is 3.24. The van der Waals surface area contributed by atoms with Gasteiger partial charge in [0.2, 0.25) is 0 Å². The Balaban J connectivity index is 2.22. The van der Waals surface area contributed by atoms with Crippen molar-refractivity contribution in [3.8, 4) is 22.6 Å². The minimum absolute atomic E-state index is 0.169. The summed E-state index contributed by atoms with van der Waals surface area (Å²) >= 11 is 0. The number of aromatic nitrogens is 1. The Morgan fingerprint density at radius 1 is 1.00 bits per heavy atom. The highest BCUT2D eigenvalue weighted by Crippen LogP contribution is 2.25. The Bertz CT molecular complexity index is 527. The molecule has 1 aromatic carbocycles. The van der Waals surface area contributed by atoms with Crippen molar-refractivity contribution in [1.29, 1.82) is 0 Å². The van der Waals surface area contributed by atoms with E-state index < -0.39 is 0 Å². The van der Waals surface area contributed by atoms with Crippen LogP contribution in [0.5, 0.6) is 11.5 Å². The maximum absolute atomic E-state index is 9.39. The molecule has 0 fully saturated rings. The van der Waals surface area contributed by atoms with Crippen LogP contribution in [0.2, 0.25) is 0 Å². The van der Waals surface area contributed by atoms with E-state index >= 15 is 0 Å². The first kappa shape index (κ1) is 12.4. The van der Waals surface area contributed by atoms with Crippen molar-refractivity contribution in [2.45, 2.75) is 26.4 Å². The summed E-state index contributed by atoms with van der Waals surface area (Å²) in [6, 6.07) is 9.44. The Hall–Kier alpha value is -2.03. The quantitative estimate of drug-likeness (QED) is 0.875. The maximum atomic E-state index is 9.39. The van der Waals surface area contributed by atoms with Gasteiger partial charge in [-0.2, -0.15) is 0 Å². The molecular weight excluding hydrogens is 226 g/mol. The van der Waals surface area contributed by atoms with E-state index in [1.165, 1.54) is 6.20 Å². The van der Waals surface area contributed by atoms with E-state index in [1.54, 1.807) is 12.3 Å². The van der Waals surface area contributed by atoms with E-state index in [0.717, 1.165) is 16.9 Å². The van der Waals surface area contributed by atoms with Gasteiger partial charge in [-0.05, 0) is 44.5 Å². The monoisotopic (exact) mass is 243 g/mol. The van der Waals surface area contributed by atoms with Crippen molar-refractivity contribution in [1.82, 2.24) is 4.98 Å². The molecule has 0 spiro atoms. The van der Waals surface area contributed by atoms with Crippen LogP contribution in [0.25, 0.3) is 11.1 Å². The molecule has 1 aromatic heterocycles. The van der Waals surface area contributed by atoms with Crippen molar-refractivity contribution in [2.75, 3.05) is 0 Å². The third-order valence-corrected chi connectivity index (χ3v) is 2.34. The van der Waals surface area contributed by atoms with Crippen LogP contribution < -0.4 is 4.74 Å². The van der Waals surface area contributed by atoms with Crippen LogP contribution in [-0.2, 0) is 0 Å². The molecule has 0 unspecified atom stereocenters. The van der Waals surface area contributed by atoms with Crippen LogP contribution in [0.15, 0.2) is 42.7 Å². The van der Waals surface area contributed by atoms with E-state index in [1.807, 2.05) is 45.0 Å². The van der Waals surface area contributed by atoms with Crippen LogP contribution in [0.1, 0.15) is 20.8 Å². The summed E-state index contributed by atoms with van der Waals surface area (Å²) in [5.74, 6) is 1.00. The molecule has 0 saturated carbocycles. The summed E-state index contributed by atoms with van der Waals surface area (Å²) in [6.07, 6.45) is 3.14. The van der Waals surface area contributed by atoms with Gasteiger partial charge in [0.05, 0.1) is 6.20 Å².